The van der Waals surface area contributed by atoms with Gasteiger partial charge in [-0.15, -0.1) is 11.3 Å². The highest BCUT2D eigenvalue weighted by Crippen LogP contribution is 2.27. The number of rotatable bonds is 5. The number of benzene rings is 1. The number of amides is 1. The number of anilines is 1. The number of thiazole rings is 1. The molecule has 1 amide bonds. The molecule has 0 spiro atoms. The van der Waals surface area contributed by atoms with Crippen LogP contribution in [-0.2, 0) is 11.8 Å². The fourth-order valence-electron chi connectivity index (χ4n) is 1.89. The van der Waals surface area contributed by atoms with Crippen LogP contribution >= 0.6 is 39.0 Å². The molecule has 0 saturated carbocycles. The van der Waals surface area contributed by atoms with Crippen molar-refractivity contribution in [3.05, 3.63) is 46.5 Å². The standard InChI is InChI=1S/C15H13BrN4OS2/c1-20-6-5-17-15(20)23-9-13(21)19-14-18-12(8-22-14)10-3-2-4-11(16)7-10/h2-8H,9H2,1H3,(H,18,19,21). The van der Waals surface area contributed by atoms with E-state index in [9.17, 15) is 4.79 Å². The quantitative estimate of drug-likeness (QED) is 0.647. The third-order valence-corrected chi connectivity index (χ3v) is 5.29. The monoisotopic (exact) mass is 408 g/mol. The maximum Gasteiger partial charge on any atom is 0.236 e. The van der Waals surface area contributed by atoms with Crippen molar-refractivity contribution in [3.63, 3.8) is 0 Å². The lowest BCUT2D eigenvalue weighted by molar-refractivity contribution is -0.113. The zero-order chi connectivity index (χ0) is 16.2. The second-order valence-electron chi connectivity index (χ2n) is 4.71. The molecule has 3 rings (SSSR count). The van der Waals surface area contributed by atoms with Gasteiger partial charge < -0.3 is 9.88 Å². The molecule has 0 fully saturated rings. The molecule has 8 heteroatoms. The highest BCUT2D eigenvalue weighted by molar-refractivity contribution is 9.10. The van der Waals surface area contributed by atoms with Gasteiger partial charge in [0.25, 0.3) is 0 Å². The van der Waals surface area contributed by atoms with Gasteiger partial charge in [0.2, 0.25) is 5.91 Å². The maximum absolute atomic E-state index is 12.0. The number of hydrogen-bond acceptors (Lipinski definition) is 5. The van der Waals surface area contributed by atoms with Crippen LogP contribution in [0.3, 0.4) is 0 Å². The molecule has 3 aromatic rings. The topological polar surface area (TPSA) is 59.8 Å². The van der Waals surface area contributed by atoms with E-state index in [4.69, 9.17) is 0 Å². The van der Waals surface area contributed by atoms with Crippen molar-refractivity contribution in [3.8, 4) is 11.3 Å². The summed E-state index contributed by atoms with van der Waals surface area (Å²) in [4.78, 5) is 20.6. The molecule has 0 bridgehead atoms. The third kappa shape index (κ3) is 4.21. The molecule has 2 heterocycles. The van der Waals surface area contributed by atoms with Crippen molar-refractivity contribution >= 4 is 50.1 Å². The highest BCUT2D eigenvalue weighted by Gasteiger charge is 2.10. The van der Waals surface area contributed by atoms with Gasteiger partial charge in [-0.1, -0.05) is 39.8 Å². The summed E-state index contributed by atoms with van der Waals surface area (Å²) < 4.78 is 2.88. The largest absolute Gasteiger partial charge is 0.329 e. The van der Waals surface area contributed by atoms with Crippen LogP contribution in [-0.4, -0.2) is 26.2 Å². The zero-order valence-corrected chi connectivity index (χ0v) is 15.4. The first-order valence-electron chi connectivity index (χ1n) is 6.73. The van der Waals surface area contributed by atoms with Crippen molar-refractivity contribution < 1.29 is 4.79 Å². The van der Waals surface area contributed by atoms with Gasteiger partial charge in [0.1, 0.15) is 0 Å². The summed E-state index contributed by atoms with van der Waals surface area (Å²) >= 11 is 6.26. The van der Waals surface area contributed by atoms with E-state index in [0.29, 0.717) is 10.9 Å². The van der Waals surface area contributed by atoms with Gasteiger partial charge >= 0.3 is 0 Å². The van der Waals surface area contributed by atoms with E-state index in [1.165, 1.54) is 23.1 Å². The fraction of sp³-hybridized carbons (Fsp3) is 0.133. The Kier molecular flexibility index (Phi) is 5.14. The number of aromatic nitrogens is 3. The summed E-state index contributed by atoms with van der Waals surface area (Å²) in [6, 6.07) is 7.91. The summed E-state index contributed by atoms with van der Waals surface area (Å²) in [7, 11) is 1.90. The number of carbonyl (C=O) groups excluding carboxylic acids is 1. The van der Waals surface area contributed by atoms with Crippen LogP contribution in [0, 0.1) is 0 Å². The van der Waals surface area contributed by atoms with E-state index in [0.717, 1.165) is 20.9 Å². The zero-order valence-electron chi connectivity index (χ0n) is 12.2. The lowest BCUT2D eigenvalue weighted by Crippen LogP contribution is -2.14. The molecule has 0 atom stereocenters. The number of thioether (sulfide) groups is 1. The van der Waals surface area contributed by atoms with Gasteiger partial charge in [-0.3, -0.25) is 4.79 Å². The third-order valence-electron chi connectivity index (χ3n) is 2.98. The van der Waals surface area contributed by atoms with Crippen molar-refractivity contribution in [1.82, 2.24) is 14.5 Å². The van der Waals surface area contributed by atoms with Crippen LogP contribution in [0.4, 0.5) is 5.13 Å². The van der Waals surface area contributed by atoms with E-state index in [1.54, 1.807) is 6.20 Å². The number of aryl methyl sites for hydroxylation is 1. The molecule has 1 N–H and O–H groups in total. The second-order valence-corrected chi connectivity index (χ2v) is 7.42. The highest BCUT2D eigenvalue weighted by atomic mass is 79.9. The van der Waals surface area contributed by atoms with Gasteiger partial charge in [0.15, 0.2) is 10.3 Å². The first kappa shape index (κ1) is 16.2. The SMILES string of the molecule is Cn1ccnc1SCC(=O)Nc1nc(-c2cccc(Br)c2)cs1. The number of carbonyl (C=O) groups is 1. The first-order valence-corrected chi connectivity index (χ1v) is 9.39. The molecule has 0 aliphatic rings. The normalized spacial score (nSPS) is 10.7. The molecular weight excluding hydrogens is 396 g/mol. The molecule has 0 saturated heterocycles. The predicted octanol–water partition coefficient (Wildman–Crippen LogP) is 4.04. The lowest BCUT2D eigenvalue weighted by Gasteiger charge is -2.02. The van der Waals surface area contributed by atoms with E-state index >= 15 is 0 Å². The molecule has 0 aliphatic carbocycles. The minimum atomic E-state index is -0.0897. The molecular formula is C15H13BrN4OS2. The minimum Gasteiger partial charge on any atom is -0.329 e. The number of halogens is 1. The van der Waals surface area contributed by atoms with Crippen LogP contribution in [0.1, 0.15) is 0 Å². The van der Waals surface area contributed by atoms with E-state index in [1.807, 2.05) is 47.5 Å². The van der Waals surface area contributed by atoms with Gasteiger partial charge in [-0.05, 0) is 12.1 Å². The lowest BCUT2D eigenvalue weighted by atomic mass is 10.2. The van der Waals surface area contributed by atoms with E-state index < -0.39 is 0 Å². The Morgan fingerprint density at radius 2 is 2.35 bits per heavy atom. The van der Waals surface area contributed by atoms with Gasteiger partial charge in [-0.25, -0.2) is 9.97 Å². The van der Waals surface area contributed by atoms with E-state index in [2.05, 4.69) is 31.2 Å². The molecule has 23 heavy (non-hydrogen) atoms. The molecule has 0 radical (unpaired) electrons. The summed E-state index contributed by atoms with van der Waals surface area (Å²) in [6.07, 6.45) is 3.57. The minimum absolute atomic E-state index is 0.0897. The molecule has 1 aromatic carbocycles. The maximum atomic E-state index is 12.0. The average Bonchev–Trinajstić information content (AvgIpc) is 3.14. The fourth-order valence-corrected chi connectivity index (χ4v) is 3.76. The predicted molar refractivity (Wildman–Crippen MR) is 97.8 cm³/mol. The van der Waals surface area contributed by atoms with Crippen molar-refractivity contribution in [1.29, 1.82) is 0 Å². The van der Waals surface area contributed by atoms with Crippen LogP contribution < -0.4 is 5.32 Å². The smallest absolute Gasteiger partial charge is 0.236 e. The van der Waals surface area contributed by atoms with Crippen molar-refractivity contribution in [2.24, 2.45) is 7.05 Å². The number of imidazole rings is 1. The Morgan fingerprint density at radius 3 is 3.09 bits per heavy atom. The van der Waals surface area contributed by atoms with Crippen LogP contribution in [0.5, 0.6) is 0 Å². The second kappa shape index (κ2) is 7.29. The number of hydrogen-bond donors (Lipinski definition) is 1. The molecule has 2 aromatic heterocycles. The summed E-state index contributed by atoms with van der Waals surface area (Å²) in [6.45, 7) is 0. The molecule has 0 aliphatic heterocycles. The van der Waals surface area contributed by atoms with Gasteiger partial charge in [0.05, 0.1) is 11.4 Å². The Bertz CT molecular complexity index is 830. The van der Waals surface area contributed by atoms with Crippen molar-refractivity contribution in [2.75, 3.05) is 11.1 Å². The van der Waals surface area contributed by atoms with Crippen LogP contribution in [0.15, 0.2) is 51.7 Å². The molecule has 0 unspecified atom stereocenters. The summed E-state index contributed by atoms with van der Waals surface area (Å²) in [5.41, 5.74) is 1.86. The average molecular weight is 409 g/mol. The Hall–Kier alpha value is -1.64. The van der Waals surface area contributed by atoms with Gasteiger partial charge in [0, 0.05) is 34.9 Å². The Balaban J connectivity index is 1.60. The Labute approximate surface area is 150 Å². The summed E-state index contributed by atoms with van der Waals surface area (Å²) in [5, 5.41) is 6.18. The molecule has 5 nitrogen and oxygen atoms in total. The van der Waals surface area contributed by atoms with Crippen LogP contribution in [0.2, 0.25) is 0 Å². The Morgan fingerprint density at radius 1 is 1.48 bits per heavy atom. The summed E-state index contributed by atoms with van der Waals surface area (Å²) in [5.74, 6) is 0.213. The number of nitrogens with zero attached hydrogens (tertiary/aromatic N) is 3. The van der Waals surface area contributed by atoms with Gasteiger partial charge in [-0.2, -0.15) is 0 Å². The molecule has 118 valence electrons. The van der Waals surface area contributed by atoms with Crippen LogP contribution in [0.25, 0.3) is 11.3 Å². The van der Waals surface area contributed by atoms with E-state index in [-0.39, 0.29) is 5.91 Å². The number of nitrogens with one attached hydrogen (secondary N) is 1. The van der Waals surface area contributed by atoms with Crippen molar-refractivity contribution in [2.45, 2.75) is 5.16 Å². The first-order chi connectivity index (χ1) is 11.1.